The molecule has 0 bridgehead atoms. The Bertz CT molecular complexity index is 634. The zero-order valence-electron chi connectivity index (χ0n) is 10.3. The topological polar surface area (TPSA) is 17.1 Å². The highest BCUT2D eigenvalue weighted by Crippen LogP contribution is 2.40. The summed E-state index contributed by atoms with van der Waals surface area (Å²) < 4.78 is 0.762. The van der Waals surface area contributed by atoms with Gasteiger partial charge in [0.25, 0.3) is 0 Å². The molecule has 0 atom stereocenters. The molecule has 0 N–H and O–H groups in total. The van der Waals surface area contributed by atoms with Gasteiger partial charge in [-0.05, 0) is 34.1 Å². The average molecular weight is 378 g/mol. The van der Waals surface area contributed by atoms with Gasteiger partial charge in [0.15, 0.2) is 5.78 Å². The van der Waals surface area contributed by atoms with Gasteiger partial charge in [-0.1, -0.05) is 43.1 Å². The smallest absolute Gasteiger partial charge is 0.175 e. The van der Waals surface area contributed by atoms with Crippen LogP contribution in [0, 0.1) is 5.92 Å². The van der Waals surface area contributed by atoms with Crippen molar-refractivity contribution in [3.05, 3.63) is 43.7 Å². The first-order chi connectivity index (χ1) is 8.91. The van der Waals surface area contributed by atoms with Crippen LogP contribution in [0.4, 0.5) is 0 Å². The van der Waals surface area contributed by atoms with Crippen LogP contribution in [0.25, 0.3) is 10.4 Å². The molecule has 1 heterocycles. The second-order valence-corrected chi connectivity index (χ2v) is 7.10. The number of carbonyl (C=O) groups excluding carboxylic acids is 1. The first-order valence-electron chi connectivity index (χ1n) is 5.69. The standard InChI is InChI=1S/C14H11BrCl2OS/c1-7(2)14(18)11-6-5-10(19-11)8-3-4-9(15)13(17)12(8)16/h3-7H,1-2H3. The van der Waals surface area contributed by atoms with Crippen molar-refractivity contribution in [3.8, 4) is 10.4 Å². The largest absolute Gasteiger partial charge is 0.293 e. The molecule has 0 fully saturated rings. The minimum absolute atomic E-state index is 0.00419. The lowest BCUT2D eigenvalue weighted by Crippen LogP contribution is -2.04. The zero-order valence-corrected chi connectivity index (χ0v) is 14.3. The highest BCUT2D eigenvalue weighted by Gasteiger charge is 2.16. The van der Waals surface area contributed by atoms with Crippen LogP contribution in [0.3, 0.4) is 0 Å². The van der Waals surface area contributed by atoms with Gasteiger partial charge in [0, 0.05) is 20.8 Å². The number of thiophene rings is 1. The van der Waals surface area contributed by atoms with E-state index in [1.165, 1.54) is 11.3 Å². The molecule has 0 aliphatic rings. The van der Waals surface area contributed by atoms with Crippen LogP contribution < -0.4 is 0 Å². The van der Waals surface area contributed by atoms with Crippen molar-refractivity contribution in [3.63, 3.8) is 0 Å². The Morgan fingerprint density at radius 3 is 2.47 bits per heavy atom. The van der Waals surface area contributed by atoms with Crippen LogP contribution in [0.2, 0.25) is 10.0 Å². The quantitative estimate of drug-likeness (QED) is 0.451. The lowest BCUT2D eigenvalue weighted by atomic mass is 10.1. The van der Waals surface area contributed by atoms with Gasteiger partial charge in [-0.25, -0.2) is 0 Å². The highest BCUT2D eigenvalue weighted by molar-refractivity contribution is 9.10. The second kappa shape index (κ2) is 5.96. The van der Waals surface area contributed by atoms with Gasteiger partial charge in [0.1, 0.15) is 0 Å². The van der Waals surface area contributed by atoms with E-state index < -0.39 is 0 Å². The predicted octanol–water partition coefficient (Wildman–Crippen LogP) is 6.32. The van der Waals surface area contributed by atoms with Crippen LogP contribution in [0.5, 0.6) is 0 Å². The fourth-order valence-corrected chi connectivity index (χ4v) is 3.67. The number of rotatable bonds is 3. The maximum atomic E-state index is 11.9. The summed E-state index contributed by atoms with van der Waals surface area (Å²) >= 11 is 17.1. The zero-order chi connectivity index (χ0) is 14.2. The van der Waals surface area contributed by atoms with Gasteiger partial charge in [0.05, 0.1) is 14.9 Å². The van der Waals surface area contributed by atoms with Gasteiger partial charge in [-0.15, -0.1) is 11.3 Å². The van der Waals surface area contributed by atoms with E-state index in [1.807, 2.05) is 38.1 Å². The summed E-state index contributed by atoms with van der Waals surface area (Å²) in [5.41, 5.74) is 0.850. The van der Waals surface area contributed by atoms with Crippen molar-refractivity contribution in [2.45, 2.75) is 13.8 Å². The lowest BCUT2D eigenvalue weighted by molar-refractivity contribution is 0.0943. The number of ketones is 1. The molecular formula is C14H11BrCl2OS. The Morgan fingerprint density at radius 2 is 1.84 bits per heavy atom. The van der Waals surface area contributed by atoms with E-state index in [0.717, 1.165) is 19.8 Å². The molecule has 5 heteroatoms. The summed E-state index contributed by atoms with van der Waals surface area (Å²) in [5, 5.41) is 0.991. The van der Waals surface area contributed by atoms with E-state index >= 15 is 0 Å². The molecule has 2 rings (SSSR count). The Balaban J connectivity index is 2.44. The third-order valence-corrected chi connectivity index (χ3v) is 5.58. The molecule has 0 unspecified atom stereocenters. The molecule has 0 amide bonds. The van der Waals surface area contributed by atoms with Crippen molar-refractivity contribution in [2.24, 2.45) is 5.92 Å². The van der Waals surface area contributed by atoms with Crippen molar-refractivity contribution in [1.82, 2.24) is 0 Å². The summed E-state index contributed by atoms with van der Waals surface area (Å²) in [6.45, 7) is 3.79. The Kier molecular flexibility index (Phi) is 4.72. The molecule has 1 aromatic carbocycles. The molecule has 0 saturated heterocycles. The van der Waals surface area contributed by atoms with Gasteiger partial charge in [-0.2, -0.15) is 0 Å². The summed E-state index contributed by atoms with van der Waals surface area (Å²) in [6, 6.07) is 7.50. The number of hydrogen-bond donors (Lipinski definition) is 0. The maximum Gasteiger partial charge on any atom is 0.175 e. The molecule has 0 aliphatic carbocycles. The van der Waals surface area contributed by atoms with Crippen LogP contribution in [0.1, 0.15) is 23.5 Å². The molecule has 0 radical (unpaired) electrons. The fraction of sp³-hybridized carbons (Fsp3) is 0.214. The lowest BCUT2D eigenvalue weighted by Gasteiger charge is -2.05. The van der Waals surface area contributed by atoms with Crippen molar-refractivity contribution in [1.29, 1.82) is 0 Å². The summed E-state index contributed by atoms with van der Waals surface area (Å²) in [5.74, 6) is 0.144. The molecule has 0 saturated carbocycles. The Labute approximate surface area is 134 Å². The van der Waals surface area contributed by atoms with E-state index in [0.29, 0.717) is 10.0 Å². The molecule has 1 aromatic heterocycles. The number of carbonyl (C=O) groups is 1. The average Bonchev–Trinajstić information content (AvgIpc) is 2.84. The van der Waals surface area contributed by atoms with Crippen molar-refractivity contribution < 1.29 is 4.79 Å². The number of benzene rings is 1. The highest BCUT2D eigenvalue weighted by atomic mass is 79.9. The van der Waals surface area contributed by atoms with Crippen molar-refractivity contribution in [2.75, 3.05) is 0 Å². The maximum absolute atomic E-state index is 11.9. The van der Waals surface area contributed by atoms with E-state index in [2.05, 4.69) is 15.9 Å². The number of Topliss-reactive ketones (excluding diaryl/α,β-unsaturated/α-hetero) is 1. The molecule has 0 aliphatic heterocycles. The van der Waals surface area contributed by atoms with Crippen LogP contribution in [-0.4, -0.2) is 5.78 Å². The molecule has 2 aromatic rings. The summed E-state index contributed by atoms with van der Waals surface area (Å²) in [6.07, 6.45) is 0. The van der Waals surface area contributed by atoms with E-state index in [1.54, 1.807) is 0 Å². The van der Waals surface area contributed by atoms with E-state index in [-0.39, 0.29) is 11.7 Å². The van der Waals surface area contributed by atoms with Crippen molar-refractivity contribution >= 4 is 56.3 Å². The van der Waals surface area contributed by atoms with E-state index in [4.69, 9.17) is 23.2 Å². The SMILES string of the molecule is CC(C)C(=O)c1ccc(-c2ccc(Br)c(Cl)c2Cl)s1. The van der Waals surface area contributed by atoms with Gasteiger partial charge >= 0.3 is 0 Å². The fourth-order valence-electron chi connectivity index (χ4n) is 1.62. The second-order valence-electron chi connectivity index (χ2n) is 4.41. The van der Waals surface area contributed by atoms with Gasteiger partial charge in [0.2, 0.25) is 0 Å². The van der Waals surface area contributed by atoms with E-state index in [9.17, 15) is 4.79 Å². The van der Waals surface area contributed by atoms with Gasteiger partial charge in [-0.3, -0.25) is 4.79 Å². The summed E-state index contributed by atoms with van der Waals surface area (Å²) in [4.78, 5) is 13.6. The number of halogens is 3. The first kappa shape index (κ1) is 15.0. The third-order valence-electron chi connectivity index (χ3n) is 2.67. The molecule has 19 heavy (non-hydrogen) atoms. The predicted molar refractivity (Wildman–Crippen MR) is 86.6 cm³/mol. The number of hydrogen-bond acceptors (Lipinski definition) is 2. The Morgan fingerprint density at radius 1 is 1.16 bits per heavy atom. The molecule has 100 valence electrons. The Hall–Kier alpha value is -0.350. The van der Waals surface area contributed by atoms with Crippen LogP contribution in [0.15, 0.2) is 28.7 Å². The van der Waals surface area contributed by atoms with Crippen LogP contribution >= 0.6 is 50.5 Å². The third kappa shape index (κ3) is 3.05. The molecular weight excluding hydrogens is 367 g/mol. The minimum atomic E-state index is -0.00419. The first-order valence-corrected chi connectivity index (χ1v) is 8.06. The molecule has 1 nitrogen and oxygen atoms in total. The normalized spacial score (nSPS) is 11.1. The van der Waals surface area contributed by atoms with Crippen LogP contribution in [-0.2, 0) is 0 Å². The monoisotopic (exact) mass is 376 g/mol. The minimum Gasteiger partial charge on any atom is -0.293 e. The van der Waals surface area contributed by atoms with Gasteiger partial charge < -0.3 is 0 Å². The summed E-state index contributed by atoms with van der Waals surface area (Å²) in [7, 11) is 0. The molecule has 0 spiro atoms.